The molecule has 148 valence electrons. The summed E-state index contributed by atoms with van der Waals surface area (Å²) < 4.78 is 2.87. The largest absolute Gasteiger partial charge is 0.352 e. The van der Waals surface area contributed by atoms with Crippen LogP contribution in [0.4, 0.5) is 0 Å². The SMILES string of the molecule is CCCC(C)NC(=O)Cn1c(=O)n(C)c2cc(-c3cc(Cl)cc(Cl)c3)cnc21. The van der Waals surface area contributed by atoms with Crippen molar-refractivity contribution < 1.29 is 4.79 Å². The number of hydrogen-bond acceptors (Lipinski definition) is 3. The molecule has 0 fully saturated rings. The molecule has 0 saturated carbocycles. The number of aryl methyl sites for hydroxylation is 1. The van der Waals surface area contributed by atoms with Gasteiger partial charge >= 0.3 is 5.69 Å². The molecule has 1 amide bonds. The predicted octanol–water partition coefficient (Wildman–Crippen LogP) is 4.01. The molecule has 1 N–H and O–H groups in total. The van der Waals surface area contributed by atoms with Crippen molar-refractivity contribution in [2.75, 3.05) is 0 Å². The molecule has 0 spiro atoms. The molecule has 0 aliphatic rings. The zero-order valence-electron chi connectivity index (χ0n) is 16.0. The van der Waals surface area contributed by atoms with Crippen LogP contribution >= 0.6 is 23.2 Å². The second-order valence-electron chi connectivity index (χ2n) is 6.91. The van der Waals surface area contributed by atoms with Gasteiger partial charge in [0, 0.05) is 34.9 Å². The van der Waals surface area contributed by atoms with Crippen LogP contribution in [0.25, 0.3) is 22.3 Å². The maximum Gasteiger partial charge on any atom is 0.330 e. The second kappa shape index (κ2) is 8.37. The molecule has 0 bridgehead atoms. The van der Waals surface area contributed by atoms with Crippen molar-refractivity contribution in [2.45, 2.75) is 39.3 Å². The van der Waals surface area contributed by atoms with Gasteiger partial charge in [-0.2, -0.15) is 0 Å². The summed E-state index contributed by atoms with van der Waals surface area (Å²) in [6.07, 6.45) is 3.52. The molecule has 3 aromatic rings. The lowest BCUT2D eigenvalue weighted by atomic mass is 10.1. The number of hydrogen-bond donors (Lipinski definition) is 1. The van der Waals surface area contributed by atoms with Crippen molar-refractivity contribution in [3.05, 3.63) is 51.0 Å². The van der Waals surface area contributed by atoms with Crippen molar-refractivity contribution >= 4 is 40.3 Å². The molecule has 0 aliphatic carbocycles. The van der Waals surface area contributed by atoms with E-state index in [9.17, 15) is 9.59 Å². The summed E-state index contributed by atoms with van der Waals surface area (Å²) in [4.78, 5) is 29.4. The van der Waals surface area contributed by atoms with E-state index in [0.29, 0.717) is 21.2 Å². The first-order chi connectivity index (χ1) is 13.3. The zero-order valence-corrected chi connectivity index (χ0v) is 17.5. The number of pyridine rings is 1. The number of rotatable bonds is 6. The molecule has 0 saturated heterocycles. The molecule has 2 heterocycles. The van der Waals surface area contributed by atoms with E-state index < -0.39 is 0 Å². The van der Waals surface area contributed by atoms with E-state index in [1.807, 2.05) is 13.0 Å². The third kappa shape index (κ3) is 4.23. The maximum absolute atomic E-state index is 12.7. The topological polar surface area (TPSA) is 68.9 Å². The summed E-state index contributed by atoms with van der Waals surface area (Å²) in [5, 5.41) is 3.96. The molecule has 0 aliphatic heterocycles. The number of aromatic nitrogens is 3. The third-order valence-electron chi connectivity index (χ3n) is 4.61. The van der Waals surface area contributed by atoms with Gasteiger partial charge in [0.25, 0.3) is 0 Å². The Labute approximate surface area is 173 Å². The minimum absolute atomic E-state index is 0.0651. The zero-order chi connectivity index (χ0) is 20.4. The Kier molecular flexibility index (Phi) is 6.10. The monoisotopic (exact) mass is 420 g/mol. The summed E-state index contributed by atoms with van der Waals surface area (Å²) in [6, 6.07) is 7.14. The van der Waals surface area contributed by atoms with Crippen LogP contribution in [0.1, 0.15) is 26.7 Å². The standard InChI is InChI=1S/C20H22Cl2N4O2/c1-4-5-12(2)24-18(27)11-26-19-17(25(3)20(26)28)8-14(10-23-19)13-6-15(21)9-16(22)7-13/h6-10,12H,4-5,11H2,1-3H3,(H,24,27). The molecular formula is C20H22Cl2N4O2. The Balaban J connectivity index is 1.97. The predicted molar refractivity (Wildman–Crippen MR) is 113 cm³/mol. The highest BCUT2D eigenvalue weighted by Crippen LogP contribution is 2.28. The van der Waals surface area contributed by atoms with Crippen LogP contribution in [-0.4, -0.2) is 26.1 Å². The maximum atomic E-state index is 12.7. The molecule has 0 radical (unpaired) electrons. The summed E-state index contributed by atoms with van der Waals surface area (Å²) in [6.45, 7) is 3.94. The molecule has 6 nitrogen and oxygen atoms in total. The highest BCUT2D eigenvalue weighted by Gasteiger charge is 2.17. The van der Waals surface area contributed by atoms with Crippen LogP contribution < -0.4 is 11.0 Å². The normalized spacial score (nSPS) is 12.3. The van der Waals surface area contributed by atoms with E-state index in [2.05, 4.69) is 17.2 Å². The molecule has 1 unspecified atom stereocenters. The summed E-state index contributed by atoms with van der Waals surface area (Å²) >= 11 is 12.2. The lowest BCUT2D eigenvalue weighted by molar-refractivity contribution is -0.122. The first-order valence-corrected chi connectivity index (χ1v) is 9.86. The Morgan fingerprint density at radius 3 is 2.50 bits per heavy atom. The van der Waals surface area contributed by atoms with Gasteiger partial charge in [-0.15, -0.1) is 0 Å². The van der Waals surface area contributed by atoms with Crippen LogP contribution in [0.2, 0.25) is 10.0 Å². The first kappa shape index (κ1) is 20.4. The third-order valence-corrected chi connectivity index (χ3v) is 5.05. The minimum atomic E-state index is -0.290. The Morgan fingerprint density at radius 1 is 1.18 bits per heavy atom. The number of carbonyl (C=O) groups is 1. The van der Waals surface area contributed by atoms with Crippen LogP contribution in [0.15, 0.2) is 35.3 Å². The molecular weight excluding hydrogens is 399 g/mol. The van der Waals surface area contributed by atoms with Crippen molar-refractivity contribution in [1.82, 2.24) is 19.4 Å². The Hall–Kier alpha value is -2.31. The highest BCUT2D eigenvalue weighted by atomic mass is 35.5. The van der Waals surface area contributed by atoms with Crippen LogP contribution in [0.3, 0.4) is 0 Å². The van der Waals surface area contributed by atoms with E-state index in [-0.39, 0.29) is 24.2 Å². The summed E-state index contributed by atoms with van der Waals surface area (Å²) in [5.74, 6) is -0.206. The minimum Gasteiger partial charge on any atom is -0.352 e. The molecule has 28 heavy (non-hydrogen) atoms. The average Bonchev–Trinajstić information content (AvgIpc) is 2.85. The van der Waals surface area contributed by atoms with Crippen molar-refractivity contribution in [3.8, 4) is 11.1 Å². The lowest BCUT2D eigenvalue weighted by Gasteiger charge is -2.12. The number of nitrogens with zero attached hydrogens (tertiary/aromatic N) is 3. The van der Waals surface area contributed by atoms with Gasteiger partial charge in [-0.1, -0.05) is 36.5 Å². The first-order valence-electron chi connectivity index (χ1n) is 9.11. The van der Waals surface area contributed by atoms with Gasteiger partial charge in [0.2, 0.25) is 5.91 Å². The fraction of sp³-hybridized carbons (Fsp3) is 0.350. The highest BCUT2D eigenvalue weighted by molar-refractivity contribution is 6.35. The quantitative estimate of drug-likeness (QED) is 0.654. The van der Waals surface area contributed by atoms with E-state index >= 15 is 0 Å². The fourth-order valence-electron chi connectivity index (χ4n) is 3.27. The number of imidazole rings is 1. The van der Waals surface area contributed by atoms with E-state index in [4.69, 9.17) is 23.2 Å². The number of halogens is 2. The fourth-order valence-corrected chi connectivity index (χ4v) is 3.79. The molecule has 2 aromatic heterocycles. The van der Waals surface area contributed by atoms with Gasteiger partial charge in [-0.3, -0.25) is 13.9 Å². The Morgan fingerprint density at radius 2 is 1.86 bits per heavy atom. The van der Waals surface area contributed by atoms with Crippen molar-refractivity contribution in [2.24, 2.45) is 7.05 Å². The molecule has 8 heteroatoms. The van der Waals surface area contributed by atoms with E-state index in [1.54, 1.807) is 31.4 Å². The van der Waals surface area contributed by atoms with Crippen LogP contribution in [-0.2, 0) is 18.4 Å². The summed E-state index contributed by atoms with van der Waals surface area (Å²) in [7, 11) is 1.66. The van der Waals surface area contributed by atoms with E-state index in [0.717, 1.165) is 24.0 Å². The van der Waals surface area contributed by atoms with Crippen LogP contribution in [0, 0.1) is 0 Å². The number of benzene rings is 1. The van der Waals surface area contributed by atoms with E-state index in [1.165, 1.54) is 9.13 Å². The number of carbonyl (C=O) groups excluding carboxylic acids is 1. The van der Waals surface area contributed by atoms with Gasteiger partial charge in [0.1, 0.15) is 6.54 Å². The van der Waals surface area contributed by atoms with Gasteiger partial charge in [-0.25, -0.2) is 9.78 Å². The number of amides is 1. The van der Waals surface area contributed by atoms with Gasteiger partial charge < -0.3 is 5.32 Å². The lowest BCUT2D eigenvalue weighted by Crippen LogP contribution is -2.37. The molecule has 3 rings (SSSR count). The van der Waals surface area contributed by atoms with Crippen molar-refractivity contribution in [1.29, 1.82) is 0 Å². The van der Waals surface area contributed by atoms with Crippen LogP contribution in [0.5, 0.6) is 0 Å². The summed E-state index contributed by atoms with van der Waals surface area (Å²) in [5.41, 5.74) is 2.39. The second-order valence-corrected chi connectivity index (χ2v) is 7.78. The molecule has 1 atom stereocenters. The van der Waals surface area contributed by atoms with Gasteiger partial charge in [-0.05, 0) is 43.2 Å². The van der Waals surface area contributed by atoms with Gasteiger partial charge in [0.05, 0.1) is 5.52 Å². The molecule has 1 aromatic carbocycles. The Bertz CT molecular complexity index is 1070. The number of fused-ring (bicyclic) bond motifs is 1. The van der Waals surface area contributed by atoms with Gasteiger partial charge in [0.15, 0.2) is 5.65 Å². The number of nitrogens with one attached hydrogen (secondary N) is 1. The smallest absolute Gasteiger partial charge is 0.330 e. The average molecular weight is 421 g/mol. The van der Waals surface area contributed by atoms with Crippen molar-refractivity contribution in [3.63, 3.8) is 0 Å².